The van der Waals surface area contributed by atoms with E-state index < -0.39 is 5.60 Å². The van der Waals surface area contributed by atoms with E-state index in [4.69, 9.17) is 17.3 Å². The molecular formula is C11H17ClN2O. The SMILES string of the molecule is CCC(C)(O)CNc1ccc(N)cc1Cl. The van der Waals surface area contributed by atoms with Gasteiger partial charge in [-0.05, 0) is 31.5 Å². The van der Waals surface area contributed by atoms with Crippen LogP contribution in [-0.4, -0.2) is 17.3 Å². The van der Waals surface area contributed by atoms with E-state index in [1.807, 2.05) is 13.0 Å². The van der Waals surface area contributed by atoms with Gasteiger partial charge in [-0.2, -0.15) is 0 Å². The molecule has 1 aromatic carbocycles. The number of hydrogen-bond donors (Lipinski definition) is 3. The number of benzene rings is 1. The Morgan fingerprint density at radius 3 is 2.73 bits per heavy atom. The maximum absolute atomic E-state index is 9.80. The van der Waals surface area contributed by atoms with Crippen LogP contribution in [0, 0.1) is 0 Å². The van der Waals surface area contributed by atoms with E-state index >= 15 is 0 Å². The van der Waals surface area contributed by atoms with Crippen molar-refractivity contribution in [2.75, 3.05) is 17.6 Å². The van der Waals surface area contributed by atoms with Gasteiger partial charge in [0.05, 0.1) is 16.3 Å². The lowest BCUT2D eigenvalue weighted by Gasteiger charge is -2.22. The van der Waals surface area contributed by atoms with Crippen LogP contribution < -0.4 is 11.1 Å². The summed E-state index contributed by atoms with van der Waals surface area (Å²) in [5.41, 5.74) is 6.28. The summed E-state index contributed by atoms with van der Waals surface area (Å²) >= 11 is 5.98. The molecule has 0 aliphatic carbocycles. The predicted molar refractivity (Wildman–Crippen MR) is 65.3 cm³/mol. The van der Waals surface area contributed by atoms with E-state index in [0.29, 0.717) is 23.7 Å². The molecule has 0 fully saturated rings. The topological polar surface area (TPSA) is 58.3 Å². The average molecular weight is 229 g/mol. The highest BCUT2D eigenvalue weighted by molar-refractivity contribution is 6.33. The normalized spacial score (nSPS) is 14.7. The maximum Gasteiger partial charge on any atom is 0.0788 e. The Kier molecular flexibility index (Phi) is 3.83. The van der Waals surface area contributed by atoms with Gasteiger partial charge in [0.1, 0.15) is 0 Å². The maximum atomic E-state index is 9.80. The number of rotatable bonds is 4. The van der Waals surface area contributed by atoms with Crippen LogP contribution >= 0.6 is 11.6 Å². The summed E-state index contributed by atoms with van der Waals surface area (Å²) in [4.78, 5) is 0. The van der Waals surface area contributed by atoms with Crippen molar-refractivity contribution < 1.29 is 5.11 Å². The molecule has 84 valence electrons. The predicted octanol–water partition coefficient (Wildman–Crippen LogP) is 2.50. The van der Waals surface area contributed by atoms with Crippen molar-refractivity contribution in [3.8, 4) is 0 Å². The first-order chi connectivity index (χ1) is 6.94. The second-order valence-corrected chi connectivity index (χ2v) is 4.35. The summed E-state index contributed by atoms with van der Waals surface area (Å²) in [5.74, 6) is 0. The van der Waals surface area contributed by atoms with Crippen LogP contribution in [0.2, 0.25) is 5.02 Å². The van der Waals surface area contributed by atoms with Gasteiger partial charge < -0.3 is 16.2 Å². The standard InChI is InChI=1S/C11H17ClN2O/c1-3-11(2,15)7-14-10-5-4-8(13)6-9(10)12/h4-6,14-15H,3,7,13H2,1-2H3. The van der Waals surface area contributed by atoms with Crippen molar-refractivity contribution in [1.29, 1.82) is 0 Å². The zero-order valence-electron chi connectivity index (χ0n) is 9.05. The van der Waals surface area contributed by atoms with E-state index in [9.17, 15) is 5.11 Å². The molecule has 1 atom stereocenters. The van der Waals surface area contributed by atoms with Gasteiger partial charge in [-0.3, -0.25) is 0 Å². The Morgan fingerprint density at radius 2 is 2.20 bits per heavy atom. The molecule has 0 amide bonds. The molecule has 4 heteroatoms. The van der Waals surface area contributed by atoms with Crippen LogP contribution in [0.4, 0.5) is 11.4 Å². The quantitative estimate of drug-likeness (QED) is 0.694. The van der Waals surface area contributed by atoms with Gasteiger partial charge >= 0.3 is 0 Å². The molecule has 0 heterocycles. The number of nitrogen functional groups attached to an aromatic ring is 1. The van der Waals surface area contributed by atoms with Crippen LogP contribution in [-0.2, 0) is 0 Å². The lowest BCUT2D eigenvalue weighted by Crippen LogP contribution is -2.32. The lowest BCUT2D eigenvalue weighted by atomic mass is 10.0. The Hall–Kier alpha value is -0.930. The van der Waals surface area contributed by atoms with Crippen molar-refractivity contribution in [1.82, 2.24) is 0 Å². The second-order valence-electron chi connectivity index (χ2n) is 3.94. The molecule has 3 nitrogen and oxygen atoms in total. The lowest BCUT2D eigenvalue weighted by molar-refractivity contribution is 0.0697. The van der Waals surface area contributed by atoms with Crippen LogP contribution in [0.5, 0.6) is 0 Å². The van der Waals surface area contributed by atoms with Gasteiger partial charge in [0.15, 0.2) is 0 Å². The number of aliphatic hydroxyl groups is 1. The van der Waals surface area contributed by atoms with E-state index in [2.05, 4.69) is 5.32 Å². The van der Waals surface area contributed by atoms with Gasteiger partial charge in [0.25, 0.3) is 0 Å². The highest BCUT2D eigenvalue weighted by Crippen LogP contribution is 2.24. The van der Waals surface area contributed by atoms with Crippen LogP contribution in [0.25, 0.3) is 0 Å². The summed E-state index contributed by atoms with van der Waals surface area (Å²) in [6.45, 7) is 4.19. The molecule has 0 aromatic heterocycles. The minimum absolute atomic E-state index is 0.465. The minimum Gasteiger partial charge on any atom is -0.399 e. The Labute approximate surface area is 95.2 Å². The molecule has 0 aliphatic heterocycles. The van der Waals surface area contributed by atoms with E-state index in [1.165, 1.54) is 0 Å². The summed E-state index contributed by atoms with van der Waals surface area (Å²) in [5, 5.41) is 13.5. The van der Waals surface area contributed by atoms with E-state index in [1.54, 1.807) is 19.1 Å². The molecule has 0 bridgehead atoms. The third-order valence-electron chi connectivity index (χ3n) is 2.41. The van der Waals surface area contributed by atoms with Gasteiger partial charge in [-0.25, -0.2) is 0 Å². The molecule has 0 saturated heterocycles. The first-order valence-electron chi connectivity index (χ1n) is 4.96. The third kappa shape index (κ3) is 3.61. The van der Waals surface area contributed by atoms with Crippen molar-refractivity contribution in [3.05, 3.63) is 23.2 Å². The number of anilines is 2. The fourth-order valence-corrected chi connectivity index (χ4v) is 1.34. The van der Waals surface area contributed by atoms with Crippen molar-refractivity contribution in [3.63, 3.8) is 0 Å². The number of nitrogens with one attached hydrogen (secondary N) is 1. The summed E-state index contributed by atoms with van der Waals surface area (Å²) in [6.07, 6.45) is 0.687. The molecule has 15 heavy (non-hydrogen) atoms. The summed E-state index contributed by atoms with van der Waals surface area (Å²) in [7, 11) is 0. The number of hydrogen-bond acceptors (Lipinski definition) is 3. The average Bonchev–Trinajstić information content (AvgIpc) is 2.16. The summed E-state index contributed by atoms with van der Waals surface area (Å²) < 4.78 is 0. The molecule has 1 rings (SSSR count). The smallest absolute Gasteiger partial charge is 0.0788 e. The summed E-state index contributed by atoms with van der Waals surface area (Å²) in [6, 6.07) is 5.27. The minimum atomic E-state index is -0.718. The van der Waals surface area contributed by atoms with Crippen molar-refractivity contribution in [2.24, 2.45) is 0 Å². The molecule has 1 aromatic rings. The fourth-order valence-electron chi connectivity index (χ4n) is 1.09. The molecule has 0 saturated carbocycles. The van der Waals surface area contributed by atoms with Gasteiger partial charge in [0.2, 0.25) is 0 Å². The third-order valence-corrected chi connectivity index (χ3v) is 2.73. The van der Waals surface area contributed by atoms with Gasteiger partial charge in [-0.15, -0.1) is 0 Å². The molecule has 0 aliphatic rings. The van der Waals surface area contributed by atoms with Crippen molar-refractivity contribution in [2.45, 2.75) is 25.9 Å². The van der Waals surface area contributed by atoms with Gasteiger partial charge in [0, 0.05) is 12.2 Å². The molecule has 0 radical (unpaired) electrons. The number of halogens is 1. The highest BCUT2D eigenvalue weighted by Gasteiger charge is 2.17. The van der Waals surface area contributed by atoms with E-state index in [0.717, 1.165) is 5.69 Å². The largest absolute Gasteiger partial charge is 0.399 e. The molecule has 4 N–H and O–H groups in total. The monoisotopic (exact) mass is 228 g/mol. The number of nitrogens with two attached hydrogens (primary N) is 1. The van der Waals surface area contributed by atoms with Crippen molar-refractivity contribution >= 4 is 23.0 Å². The highest BCUT2D eigenvalue weighted by atomic mass is 35.5. The van der Waals surface area contributed by atoms with Crippen LogP contribution in [0.15, 0.2) is 18.2 Å². The zero-order chi connectivity index (χ0) is 11.5. The molecular weight excluding hydrogens is 212 g/mol. The Balaban J connectivity index is 2.66. The molecule has 0 spiro atoms. The Bertz CT molecular complexity index is 339. The van der Waals surface area contributed by atoms with Crippen LogP contribution in [0.3, 0.4) is 0 Å². The Morgan fingerprint density at radius 1 is 1.53 bits per heavy atom. The first-order valence-corrected chi connectivity index (χ1v) is 5.34. The fraction of sp³-hybridized carbons (Fsp3) is 0.455. The van der Waals surface area contributed by atoms with E-state index in [-0.39, 0.29) is 0 Å². The van der Waals surface area contributed by atoms with Crippen LogP contribution in [0.1, 0.15) is 20.3 Å². The van der Waals surface area contributed by atoms with Gasteiger partial charge in [-0.1, -0.05) is 18.5 Å². The molecule has 1 unspecified atom stereocenters. The first kappa shape index (κ1) is 12.1. The zero-order valence-corrected chi connectivity index (χ0v) is 9.80. The second kappa shape index (κ2) is 4.73.